The predicted octanol–water partition coefficient (Wildman–Crippen LogP) is 5.47. The summed E-state index contributed by atoms with van der Waals surface area (Å²) < 4.78 is 12.5. The van der Waals surface area contributed by atoms with Crippen molar-refractivity contribution in [1.29, 1.82) is 0 Å². The SMILES string of the molecule is CCOCCCn1c(SCc2nc(-c3ccccc3Cl)no2)nc2cc(Cl)ccc2c1=O. The van der Waals surface area contributed by atoms with E-state index in [-0.39, 0.29) is 5.56 Å². The first-order chi connectivity index (χ1) is 15.6. The summed E-state index contributed by atoms with van der Waals surface area (Å²) in [4.78, 5) is 22.2. The fraction of sp³-hybridized carbons (Fsp3) is 0.273. The van der Waals surface area contributed by atoms with Crippen LogP contribution in [0.2, 0.25) is 10.0 Å². The number of hydrogen-bond donors (Lipinski definition) is 0. The molecule has 0 aliphatic heterocycles. The number of hydrogen-bond acceptors (Lipinski definition) is 7. The van der Waals surface area contributed by atoms with Crippen LogP contribution in [0.4, 0.5) is 0 Å². The normalized spacial score (nSPS) is 11.3. The van der Waals surface area contributed by atoms with Gasteiger partial charge < -0.3 is 9.26 Å². The first-order valence-corrected chi connectivity index (χ1v) is 11.8. The van der Waals surface area contributed by atoms with Gasteiger partial charge in [0.05, 0.1) is 21.7 Å². The topological polar surface area (TPSA) is 83.0 Å². The van der Waals surface area contributed by atoms with Crippen molar-refractivity contribution < 1.29 is 9.26 Å². The van der Waals surface area contributed by atoms with Crippen LogP contribution in [0.1, 0.15) is 19.2 Å². The molecule has 0 saturated carbocycles. The monoisotopic (exact) mass is 490 g/mol. The molecular weight excluding hydrogens is 471 g/mol. The van der Waals surface area contributed by atoms with E-state index in [2.05, 4.69) is 15.1 Å². The number of fused-ring (bicyclic) bond motifs is 1. The molecule has 10 heteroatoms. The van der Waals surface area contributed by atoms with E-state index in [9.17, 15) is 4.79 Å². The number of rotatable bonds is 9. The average molecular weight is 491 g/mol. The second kappa shape index (κ2) is 10.5. The summed E-state index contributed by atoms with van der Waals surface area (Å²) in [5.74, 6) is 1.17. The minimum Gasteiger partial charge on any atom is -0.382 e. The Morgan fingerprint density at radius 2 is 2.00 bits per heavy atom. The Hall–Kier alpha value is -2.39. The van der Waals surface area contributed by atoms with Crippen molar-refractivity contribution in [2.24, 2.45) is 0 Å². The molecule has 2 aromatic carbocycles. The number of aromatic nitrogens is 4. The zero-order valence-electron chi connectivity index (χ0n) is 17.3. The number of halogens is 2. The summed E-state index contributed by atoms with van der Waals surface area (Å²) >= 11 is 13.7. The molecule has 2 aromatic heterocycles. The van der Waals surface area contributed by atoms with Crippen LogP contribution in [0.5, 0.6) is 0 Å². The van der Waals surface area contributed by atoms with Gasteiger partial charge in [0.2, 0.25) is 11.7 Å². The molecule has 32 heavy (non-hydrogen) atoms. The van der Waals surface area contributed by atoms with Crippen molar-refractivity contribution in [1.82, 2.24) is 19.7 Å². The van der Waals surface area contributed by atoms with E-state index in [4.69, 9.17) is 32.5 Å². The molecule has 4 aromatic rings. The van der Waals surface area contributed by atoms with Gasteiger partial charge in [0, 0.05) is 30.3 Å². The second-order valence-corrected chi connectivity index (χ2v) is 8.63. The van der Waals surface area contributed by atoms with Gasteiger partial charge in [-0.15, -0.1) is 0 Å². The van der Waals surface area contributed by atoms with E-state index < -0.39 is 0 Å². The fourth-order valence-electron chi connectivity index (χ4n) is 3.14. The Morgan fingerprint density at radius 3 is 2.81 bits per heavy atom. The van der Waals surface area contributed by atoms with Crippen LogP contribution in [0.15, 0.2) is 56.9 Å². The highest BCUT2D eigenvalue weighted by Gasteiger charge is 2.16. The Bertz CT molecular complexity index is 1290. The third kappa shape index (κ3) is 5.15. The number of ether oxygens (including phenoxy) is 1. The van der Waals surface area contributed by atoms with Gasteiger partial charge >= 0.3 is 0 Å². The smallest absolute Gasteiger partial charge is 0.262 e. The summed E-state index contributed by atoms with van der Waals surface area (Å²) in [6, 6.07) is 12.4. The highest BCUT2D eigenvalue weighted by Crippen LogP contribution is 2.27. The molecule has 0 N–H and O–H groups in total. The van der Waals surface area contributed by atoms with Gasteiger partial charge in [-0.1, -0.05) is 52.3 Å². The molecule has 0 aliphatic rings. The van der Waals surface area contributed by atoms with Crippen LogP contribution in [0.3, 0.4) is 0 Å². The molecule has 0 bridgehead atoms. The minimum atomic E-state index is -0.118. The van der Waals surface area contributed by atoms with Gasteiger partial charge in [0.25, 0.3) is 5.56 Å². The highest BCUT2D eigenvalue weighted by atomic mass is 35.5. The Morgan fingerprint density at radius 1 is 1.16 bits per heavy atom. The summed E-state index contributed by atoms with van der Waals surface area (Å²) in [5.41, 5.74) is 1.13. The average Bonchev–Trinajstić information content (AvgIpc) is 3.25. The first kappa shape index (κ1) is 22.8. The van der Waals surface area contributed by atoms with E-state index in [0.29, 0.717) is 75.3 Å². The third-order valence-electron chi connectivity index (χ3n) is 4.66. The largest absolute Gasteiger partial charge is 0.382 e. The van der Waals surface area contributed by atoms with Crippen molar-refractivity contribution >= 4 is 45.9 Å². The molecule has 0 saturated heterocycles. The molecule has 7 nitrogen and oxygen atoms in total. The third-order valence-corrected chi connectivity index (χ3v) is 6.19. The lowest BCUT2D eigenvalue weighted by Crippen LogP contribution is -2.24. The number of benzene rings is 2. The second-order valence-electron chi connectivity index (χ2n) is 6.84. The van der Waals surface area contributed by atoms with Crippen molar-refractivity contribution in [3.63, 3.8) is 0 Å². The van der Waals surface area contributed by atoms with Gasteiger partial charge in [-0.2, -0.15) is 4.98 Å². The Balaban J connectivity index is 1.60. The van der Waals surface area contributed by atoms with Gasteiger partial charge in [-0.3, -0.25) is 9.36 Å². The molecule has 0 atom stereocenters. The molecule has 166 valence electrons. The molecule has 0 fully saturated rings. The number of nitrogens with zero attached hydrogens (tertiary/aromatic N) is 4. The maximum atomic E-state index is 13.1. The van der Waals surface area contributed by atoms with Crippen molar-refractivity contribution in [2.45, 2.75) is 30.8 Å². The highest BCUT2D eigenvalue weighted by molar-refractivity contribution is 7.98. The minimum absolute atomic E-state index is 0.118. The van der Waals surface area contributed by atoms with Crippen LogP contribution in [-0.2, 0) is 17.0 Å². The zero-order chi connectivity index (χ0) is 22.5. The molecule has 4 rings (SSSR count). The van der Waals surface area contributed by atoms with Crippen molar-refractivity contribution in [3.8, 4) is 11.4 Å². The zero-order valence-corrected chi connectivity index (χ0v) is 19.6. The molecule has 0 aliphatic carbocycles. The lowest BCUT2D eigenvalue weighted by atomic mass is 10.2. The summed E-state index contributed by atoms with van der Waals surface area (Å²) in [6.07, 6.45) is 0.694. The van der Waals surface area contributed by atoms with E-state index in [0.717, 1.165) is 0 Å². The molecule has 0 spiro atoms. The molecule has 0 amide bonds. The lowest BCUT2D eigenvalue weighted by Gasteiger charge is -2.12. The first-order valence-electron chi connectivity index (χ1n) is 10.0. The van der Waals surface area contributed by atoms with E-state index in [1.54, 1.807) is 28.8 Å². The van der Waals surface area contributed by atoms with Crippen LogP contribution < -0.4 is 5.56 Å². The fourth-order valence-corrected chi connectivity index (χ4v) is 4.39. The van der Waals surface area contributed by atoms with Crippen molar-refractivity contribution in [2.75, 3.05) is 13.2 Å². The lowest BCUT2D eigenvalue weighted by molar-refractivity contribution is 0.140. The standard InChI is InChI=1S/C22H20Cl2N4O3S/c1-2-30-11-5-10-28-21(29)16-9-8-14(23)12-18(16)25-22(28)32-13-19-26-20(27-31-19)15-6-3-4-7-17(15)24/h3-4,6-9,12H,2,5,10-11,13H2,1H3. The Labute approximate surface area is 198 Å². The predicted molar refractivity (Wildman–Crippen MR) is 126 cm³/mol. The van der Waals surface area contributed by atoms with Gasteiger partial charge in [-0.25, -0.2) is 4.98 Å². The van der Waals surface area contributed by atoms with Crippen LogP contribution >= 0.6 is 35.0 Å². The number of thioether (sulfide) groups is 1. The molecule has 0 radical (unpaired) electrons. The van der Waals surface area contributed by atoms with Gasteiger partial charge in [0.1, 0.15) is 0 Å². The molecular formula is C22H20Cl2N4O3S. The molecule has 2 heterocycles. The van der Waals surface area contributed by atoms with Gasteiger partial charge in [-0.05, 0) is 43.7 Å². The maximum Gasteiger partial charge on any atom is 0.262 e. The summed E-state index contributed by atoms with van der Waals surface area (Å²) in [5, 5.41) is 6.17. The summed E-state index contributed by atoms with van der Waals surface area (Å²) in [7, 11) is 0. The van der Waals surface area contributed by atoms with E-state index in [1.165, 1.54) is 11.8 Å². The van der Waals surface area contributed by atoms with E-state index in [1.807, 2.05) is 25.1 Å². The van der Waals surface area contributed by atoms with Crippen LogP contribution in [0, 0.1) is 0 Å². The van der Waals surface area contributed by atoms with Crippen LogP contribution in [0.25, 0.3) is 22.3 Å². The van der Waals surface area contributed by atoms with Gasteiger partial charge in [0.15, 0.2) is 5.16 Å². The van der Waals surface area contributed by atoms with E-state index >= 15 is 0 Å². The quantitative estimate of drug-likeness (QED) is 0.174. The Kier molecular flexibility index (Phi) is 7.47. The molecule has 0 unspecified atom stereocenters. The van der Waals surface area contributed by atoms with Crippen LogP contribution in [-0.4, -0.2) is 32.9 Å². The van der Waals surface area contributed by atoms with Crippen molar-refractivity contribution in [3.05, 3.63) is 68.8 Å². The maximum absolute atomic E-state index is 13.1. The summed E-state index contributed by atoms with van der Waals surface area (Å²) in [6.45, 7) is 3.63.